The van der Waals surface area contributed by atoms with Crippen molar-refractivity contribution in [1.82, 2.24) is 18.8 Å². The van der Waals surface area contributed by atoms with Crippen LogP contribution in [-0.4, -0.2) is 59.5 Å². The summed E-state index contributed by atoms with van der Waals surface area (Å²) in [5.74, 6) is 1.34. The molecule has 0 amide bonds. The van der Waals surface area contributed by atoms with Gasteiger partial charge >= 0.3 is 0 Å². The van der Waals surface area contributed by atoms with E-state index in [-0.39, 0.29) is 17.6 Å². The Hall–Kier alpha value is -4.05. The van der Waals surface area contributed by atoms with Crippen LogP contribution in [-0.2, 0) is 10.0 Å². The van der Waals surface area contributed by atoms with Crippen molar-refractivity contribution < 1.29 is 13.2 Å². The van der Waals surface area contributed by atoms with Gasteiger partial charge in [0.2, 0.25) is 10.0 Å². The molecule has 0 radical (unpaired) electrons. The second-order valence-corrected chi connectivity index (χ2v) is 12.6. The van der Waals surface area contributed by atoms with Gasteiger partial charge in [0, 0.05) is 25.7 Å². The molecular weight excluding hydrogens is 548 g/mol. The highest BCUT2D eigenvalue weighted by atomic mass is 32.2. The van der Waals surface area contributed by atoms with Crippen LogP contribution >= 0.6 is 0 Å². The molecule has 1 aliphatic rings. The van der Waals surface area contributed by atoms with Gasteiger partial charge in [-0.3, -0.25) is 14.3 Å². The van der Waals surface area contributed by atoms with E-state index in [1.165, 1.54) is 0 Å². The van der Waals surface area contributed by atoms with E-state index in [0.29, 0.717) is 53.6 Å². The molecule has 0 N–H and O–H groups in total. The standard InChI is InChI=1S/C33H34N4O4S/c1-4-41-28-16-14-27(15-17-28)37-32(34-31-12-8-7-11-30(31)33(37)38)24(3)35-19-20-36(23(2)22-35)42(39,40)29-18-13-25-9-5-6-10-26(25)21-29/h5-18,21,23-24H,4,19-20,22H2,1-3H3. The van der Waals surface area contributed by atoms with Crippen molar-refractivity contribution in [3.8, 4) is 11.4 Å². The average molecular weight is 583 g/mol. The number of ether oxygens (including phenoxy) is 1. The van der Waals surface area contributed by atoms with Crippen LogP contribution in [0.25, 0.3) is 27.4 Å². The molecule has 0 spiro atoms. The van der Waals surface area contributed by atoms with E-state index in [4.69, 9.17) is 9.72 Å². The van der Waals surface area contributed by atoms with Crippen LogP contribution in [0.4, 0.5) is 0 Å². The van der Waals surface area contributed by atoms with Crippen LogP contribution in [0.1, 0.15) is 32.6 Å². The molecule has 6 rings (SSSR count). The van der Waals surface area contributed by atoms with Gasteiger partial charge in [0.25, 0.3) is 5.56 Å². The highest BCUT2D eigenvalue weighted by Gasteiger charge is 2.36. The van der Waals surface area contributed by atoms with Gasteiger partial charge in [0.05, 0.1) is 34.1 Å². The summed E-state index contributed by atoms with van der Waals surface area (Å²) >= 11 is 0. The maximum Gasteiger partial charge on any atom is 0.266 e. The van der Waals surface area contributed by atoms with Crippen molar-refractivity contribution in [1.29, 1.82) is 0 Å². The van der Waals surface area contributed by atoms with Gasteiger partial charge < -0.3 is 4.74 Å². The van der Waals surface area contributed by atoms with Gasteiger partial charge in [-0.1, -0.05) is 42.5 Å². The van der Waals surface area contributed by atoms with Crippen molar-refractivity contribution in [3.05, 3.63) is 107 Å². The Morgan fingerprint density at radius 2 is 1.64 bits per heavy atom. The van der Waals surface area contributed by atoms with Gasteiger partial charge in [-0.15, -0.1) is 0 Å². The average Bonchev–Trinajstić information content (AvgIpc) is 3.01. The zero-order valence-corrected chi connectivity index (χ0v) is 24.8. The first kappa shape index (κ1) is 28.1. The fourth-order valence-corrected chi connectivity index (χ4v) is 7.49. The number of para-hydroxylation sites is 1. The maximum absolute atomic E-state index is 13.8. The van der Waals surface area contributed by atoms with Gasteiger partial charge in [-0.2, -0.15) is 4.31 Å². The van der Waals surface area contributed by atoms with Gasteiger partial charge in [0.1, 0.15) is 11.6 Å². The molecular formula is C33H34N4O4S. The smallest absolute Gasteiger partial charge is 0.266 e. The summed E-state index contributed by atoms with van der Waals surface area (Å²) in [5.41, 5.74) is 1.20. The SMILES string of the molecule is CCOc1ccc(-n2c(C(C)N3CCN(S(=O)(=O)c4ccc5ccccc5c4)C(C)C3)nc3ccccc3c2=O)cc1. The van der Waals surface area contributed by atoms with Crippen molar-refractivity contribution in [2.75, 3.05) is 26.2 Å². The minimum atomic E-state index is -3.69. The predicted molar refractivity (Wildman–Crippen MR) is 166 cm³/mol. The molecule has 5 aromatic rings. The third kappa shape index (κ3) is 5.08. The second kappa shape index (κ2) is 11.3. The number of fused-ring (bicyclic) bond motifs is 2. The molecule has 2 unspecified atom stereocenters. The van der Waals surface area contributed by atoms with E-state index in [1.54, 1.807) is 27.1 Å². The molecule has 4 aromatic carbocycles. The molecule has 216 valence electrons. The Kier molecular flexibility index (Phi) is 7.57. The Bertz CT molecular complexity index is 1920. The van der Waals surface area contributed by atoms with E-state index < -0.39 is 10.0 Å². The zero-order valence-electron chi connectivity index (χ0n) is 24.0. The molecule has 42 heavy (non-hydrogen) atoms. The van der Waals surface area contributed by atoms with E-state index in [0.717, 1.165) is 16.5 Å². The zero-order chi connectivity index (χ0) is 29.4. The molecule has 0 bridgehead atoms. The number of sulfonamides is 1. The lowest BCUT2D eigenvalue weighted by molar-refractivity contribution is 0.104. The quantitative estimate of drug-likeness (QED) is 0.256. The number of benzene rings is 4. The second-order valence-electron chi connectivity index (χ2n) is 10.7. The Morgan fingerprint density at radius 1 is 0.929 bits per heavy atom. The van der Waals surface area contributed by atoms with Crippen LogP contribution in [0, 0.1) is 0 Å². The lowest BCUT2D eigenvalue weighted by Crippen LogP contribution is -2.54. The van der Waals surface area contributed by atoms with Crippen molar-refractivity contribution in [3.63, 3.8) is 0 Å². The topological polar surface area (TPSA) is 84.7 Å². The highest BCUT2D eigenvalue weighted by Crippen LogP contribution is 2.29. The third-order valence-corrected chi connectivity index (χ3v) is 10.1. The largest absolute Gasteiger partial charge is 0.494 e. The van der Waals surface area contributed by atoms with Gasteiger partial charge in [-0.05, 0) is 80.1 Å². The summed E-state index contributed by atoms with van der Waals surface area (Å²) in [5, 5.41) is 2.44. The van der Waals surface area contributed by atoms with Crippen LogP contribution < -0.4 is 10.3 Å². The number of hydrogen-bond donors (Lipinski definition) is 0. The maximum atomic E-state index is 13.8. The number of aromatic nitrogens is 2. The van der Waals surface area contributed by atoms with Crippen LogP contribution in [0.5, 0.6) is 5.75 Å². The molecule has 2 heterocycles. The number of hydrogen-bond acceptors (Lipinski definition) is 6. The minimum absolute atomic E-state index is 0.142. The highest BCUT2D eigenvalue weighted by molar-refractivity contribution is 7.89. The van der Waals surface area contributed by atoms with Crippen LogP contribution in [0.3, 0.4) is 0 Å². The molecule has 9 heteroatoms. The predicted octanol–water partition coefficient (Wildman–Crippen LogP) is 5.39. The molecule has 8 nitrogen and oxygen atoms in total. The minimum Gasteiger partial charge on any atom is -0.494 e. The van der Waals surface area contributed by atoms with Gasteiger partial charge in [-0.25, -0.2) is 13.4 Å². The Labute approximate surface area is 245 Å². The molecule has 1 saturated heterocycles. The first-order valence-corrected chi connectivity index (χ1v) is 15.7. The summed E-state index contributed by atoms with van der Waals surface area (Å²) in [6, 6.07) is 27.4. The summed E-state index contributed by atoms with van der Waals surface area (Å²) in [4.78, 5) is 21.3. The third-order valence-electron chi connectivity index (χ3n) is 8.05. The molecule has 0 aliphatic carbocycles. The molecule has 0 saturated carbocycles. The molecule has 1 aliphatic heterocycles. The van der Waals surface area contributed by atoms with E-state index in [2.05, 4.69) is 4.90 Å². The summed E-state index contributed by atoms with van der Waals surface area (Å²) < 4.78 is 36.3. The van der Waals surface area contributed by atoms with Crippen molar-refractivity contribution >= 4 is 31.7 Å². The van der Waals surface area contributed by atoms with Crippen molar-refractivity contribution in [2.45, 2.75) is 37.8 Å². The summed E-state index contributed by atoms with van der Waals surface area (Å²) in [6.45, 7) is 7.79. The fraction of sp³-hybridized carbons (Fsp3) is 0.273. The fourth-order valence-electron chi connectivity index (χ4n) is 5.84. The lowest BCUT2D eigenvalue weighted by atomic mass is 10.1. The van der Waals surface area contributed by atoms with Gasteiger partial charge in [0.15, 0.2) is 0 Å². The molecule has 1 fully saturated rings. The van der Waals surface area contributed by atoms with Crippen molar-refractivity contribution in [2.24, 2.45) is 0 Å². The first-order valence-electron chi connectivity index (χ1n) is 14.3. The molecule has 2 atom stereocenters. The first-order chi connectivity index (χ1) is 20.3. The number of rotatable bonds is 7. The summed E-state index contributed by atoms with van der Waals surface area (Å²) in [7, 11) is -3.69. The van der Waals surface area contributed by atoms with Crippen LogP contribution in [0.15, 0.2) is 101 Å². The summed E-state index contributed by atoms with van der Waals surface area (Å²) in [6.07, 6.45) is 0. The lowest BCUT2D eigenvalue weighted by Gasteiger charge is -2.41. The van der Waals surface area contributed by atoms with Crippen LogP contribution in [0.2, 0.25) is 0 Å². The Balaban J connectivity index is 1.32. The monoisotopic (exact) mass is 582 g/mol. The number of piperazine rings is 1. The van der Waals surface area contributed by atoms with E-state index in [9.17, 15) is 13.2 Å². The van der Waals surface area contributed by atoms with E-state index in [1.807, 2.05) is 93.6 Å². The molecule has 1 aromatic heterocycles. The van der Waals surface area contributed by atoms with E-state index >= 15 is 0 Å². The number of nitrogens with zero attached hydrogens (tertiary/aromatic N) is 4. The normalized spacial score (nSPS) is 17.5. The Morgan fingerprint density at radius 3 is 2.38 bits per heavy atom.